The second-order valence-corrected chi connectivity index (χ2v) is 7.77. The summed E-state index contributed by atoms with van der Waals surface area (Å²) >= 11 is 3.44. The predicted octanol–water partition coefficient (Wildman–Crippen LogP) is 3.13. The molecule has 0 radical (unpaired) electrons. The number of phenolic OH excluding ortho intramolecular Hbond substituents is 1. The molecule has 0 amide bonds. The maximum atomic E-state index is 9.89. The second kappa shape index (κ2) is 7.30. The van der Waals surface area contributed by atoms with E-state index in [1.54, 1.807) is 6.07 Å². The van der Waals surface area contributed by atoms with Gasteiger partial charge in [-0.05, 0) is 45.9 Å². The molecule has 0 unspecified atom stereocenters. The van der Waals surface area contributed by atoms with Crippen LogP contribution in [0.3, 0.4) is 0 Å². The Morgan fingerprint density at radius 1 is 1.32 bits per heavy atom. The van der Waals surface area contributed by atoms with E-state index in [1.165, 1.54) is 0 Å². The van der Waals surface area contributed by atoms with Crippen molar-refractivity contribution in [2.75, 3.05) is 19.6 Å². The molecule has 0 bridgehead atoms. The lowest BCUT2D eigenvalue weighted by Crippen LogP contribution is -2.58. The Morgan fingerprint density at radius 3 is 2.59 bits per heavy atom. The average Bonchev–Trinajstić information content (AvgIpc) is 2.41. The number of hydrogen-bond acceptors (Lipinski definition) is 4. The van der Waals surface area contributed by atoms with Crippen LogP contribution in [0, 0.1) is 0 Å². The Balaban J connectivity index is 1.90. The van der Waals surface area contributed by atoms with Gasteiger partial charge in [0.25, 0.3) is 0 Å². The molecule has 124 valence electrons. The highest BCUT2D eigenvalue weighted by molar-refractivity contribution is 9.10. The van der Waals surface area contributed by atoms with Crippen molar-refractivity contribution in [2.24, 2.45) is 0 Å². The van der Waals surface area contributed by atoms with Crippen LogP contribution in [-0.2, 0) is 11.3 Å². The Bertz CT molecular complexity index is 497. The summed E-state index contributed by atoms with van der Waals surface area (Å²) in [4.78, 5) is 2.49. The molecule has 0 aliphatic carbocycles. The van der Waals surface area contributed by atoms with Crippen LogP contribution in [0.4, 0.5) is 0 Å². The molecule has 1 aromatic rings. The van der Waals surface area contributed by atoms with Crippen LogP contribution < -0.4 is 5.32 Å². The summed E-state index contributed by atoms with van der Waals surface area (Å²) in [5.74, 6) is 0.335. The number of hydrogen-bond donors (Lipinski definition) is 2. The lowest BCUT2D eigenvalue weighted by atomic mass is 10.00. The first-order valence-electron chi connectivity index (χ1n) is 7.86. The number of aromatic hydroxyl groups is 1. The summed E-state index contributed by atoms with van der Waals surface area (Å²) < 4.78 is 6.80. The Kier molecular flexibility index (Phi) is 5.88. The number of ether oxygens (including phenoxy) is 1. The van der Waals surface area contributed by atoms with Gasteiger partial charge >= 0.3 is 0 Å². The van der Waals surface area contributed by atoms with Crippen LogP contribution in [-0.4, -0.2) is 47.4 Å². The van der Waals surface area contributed by atoms with Crippen molar-refractivity contribution in [2.45, 2.75) is 52.0 Å². The molecular weight excluding hydrogens is 344 g/mol. The standard InChI is InChI=1S/C17H27BrN2O2/c1-12-9-20(10-13(2)22-12)17(3,4)11-19-8-14-7-15(18)5-6-16(14)21/h5-7,12-13,19,21H,8-11H2,1-4H3/t12-,13-/m1/s1. The molecule has 22 heavy (non-hydrogen) atoms. The Morgan fingerprint density at radius 2 is 1.95 bits per heavy atom. The number of nitrogens with zero attached hydrogens (tertiary/aromatic N) is 1. The monoisotopic (exact) mass is 370 g/mol. The summed E-state index contributed by atoms with van der Waals surface area (Å²) in [5.41, 5.74) is 0.961. The molecule has 1 aromatic carbocycles. The van der Waals surface area contributed by atoms with E-state index in [0.717, 1.165) is 29.7 Å². The molecule has 0 aromatic heterocycles. The Hall–Kier alpha value is -0.620. The third-order valence-corrected chi connectivity index (χ3v) is 4.68. The minimum Gasteiger partial charge on any atom is -0.508 e. The van der Waals surface area contributed by atoms with Crippen molar-refractivity contribution in [1.82, 2.24) is 10.2 Å². The first-order chi connectivity index (χ1) is 10.3. The van der Waals surface area contributed by atoms with Crippen molar-refractivity contribution in [3.8, 4) is 5.75 Å². The highest BCUT2D eigenvalue weighted by Crippen LogP contribution is 2.23. The van der Waals surface area contributed by atoms with Crippen molar-refractivity contribution in [1.29, 1.82) is 0 Å². The van der Waals surface area contributed by atoms with Crippen LogP contribution in [0.2, 0.25) is 0 Å². The lowest BCUT2D eigenvalue weighted by Gasteiger charge is -2.45. The van der Waals surface area contributed by atoms with Gasteiger partial charge in [0.05, 0.1) is 12.2 Å². The fourth-order valence-corrected chi connectivity index (χ4v) is 3.39. The third-order valence-electron chi connectivity index (χ3n) is 4.19. The summed E-state index contributed by atoms with van der Waals surface area (Å²) in [5, 5.41) is 13.4. The van der Waals surface area contributed by atoms with Gasteiger partial charge in [0, 0.05) is 41.8 Å². The van der Waals surface area contributed by atoms with Crippen LogP contribution in [0.25, 0.3) is 0 Å². The minimum absolute atomic E-state index is 0.0495. The summed E-state index contributed by atoms with van der Waals surface area (Å²) in [6, 6.07) is 5.52. The zero-order valence-corrected chi connectivity index (χ0v) is 15.5. The smallest absolute Gasteiger partial charge is 0.120 e. The van der Waals surface area contributed by atoms with Crippen molar-refractivity contribution >= 4 is 15.9 Å². The second-order valence-electron chi connectivity index (χ2n) is 6.85. The highest BCUT2D eigenvalue weighted by atomic mass is 79.9. The molecule has 2 atom stereocenters. The molecule has 1 aliphatic heterocycles. The molecule has 1 fully saturated rings. The van der Waals surface area contributed by atoms with Gasteiger partial charge in [-0.25, -0.2) is 0 Å². The maximum absolute atomic E-state index is 9.89. The highest BCUT2D eigenvalue weighted by Gasteiger charge is 2.32. The first kappa shape index (κ1) is 17.7. The van der Waals surface area contributed by atoms with Crippen LogP contribution in [0.15, 0.2) is 22.7 Å². The average molecular weight is 371 g/mol. The normalized spacial score (nSPS) is 23.7. The molecule has 0 saturated carbocycles. The third kappa shape index (κ3) is 4.69. The molecule has 0 spiro atoms. The molecule has 2 N–H and O–H groups in total. The van der Waals surface area contributed by atoms with E-state index >= 15 is 0 Å². The fourth-order valence-electron chi connectivity index (χ4n) is 2.98. The van der Waals surface area contributed by atoms with E-state index < -0.39 is 0 Å². The molecule has 5 heteroatoms. The quantitative estimate of drug-likeness (QED) is 0.835. The molecule has 4 nitrogen and oxygen atoms in total. The van der Waals surface area contributed by atoms with Gasteiger partial charge in [0.2, 0.25) is 0 Å². The van der Waals surface area contributed by atoms with Gasteiger partial charge in [0.15, 0.2) is 0 Å². The topological polar surface area (TPSA) is 44.7 Å². The van der Waals surface area contributed by atoms with E-state index in [4.69, 9.17) is 4.74 Å². The van der Waals surface area contributed by atoms with E-state index in [1.807, 2.05) is 12.1 Å². The van der Waals surface area contributed by atoms with E-state index in [2.05, 4.69) is 53.8 Å². The van der Waals surface area contributed by atoms with Gasteiger partial charge in [-0.2, -0.15) is 0 Å². The van der Waals surface area contributed by atoms with E-state index in [9.17, 15) is 5.11 Å². The zero-order chi connectivity index (χ0) is 16.3. The zero-order valence-electron chi connectivity index (χ0n) is 13.9. The summed E-state index contributed by atoms with van der Waals surface area (Å²) in [6.45, 7) is 12.2. The van der Waals surface area contributed by atoms with Gasteiger partial charge in [-0.1, -0.05) is 15.9 Å². The van der Waals surface area contributed by atoms with Gasteiger partial charge in [-0.3, -0.25) is 4.90 Å². The number of benzene rings is 1. The molecule has 2 rings (SSSR count). The number of rotatable bonds is 5. The number of nitrogens with one attached hydrogen (secondary N) is 1. The van der Waals surface area contributed by atoms with Gasteiger partial charge in [0.1, 0.15) is 5.75 Å². The van der Waals surface area contributed by atoms with Crippen LogP contribution in [0.5, 0.6) is 5.75 Å². The molecule has 1 heterocycles. The summed E-state index contributed by atoms with van der Waals surface area (Å²) in [6.07, 6.45) is 0.550. The first-order valence-corrected chi connectivity index (χ1v) is 8.66. The minimum atomic E-state index is 0.0495. The van der Waals surface area contributed by atoms with E-state index in [0.29, 0.717) is 12.3 Å². The number of halogens is 1. The van der Waals surface area contributed by atoms with Gasteiger partial charge < -0.3 is 15.2 Å². The van der Waals surface area contributed by atoms with Crippen molar-refractivity contribution in [3.63, 3.8) is 0 Å². The van der Waals surface area contributed by atoms with Crippen LogP contribution >= 0.6 is 15.9 Å². The van der Waals surface area contributed by atoms with Gasteiger partial charge in [-0.15, -0.1) is 0 Å². The Labute approximate surface area is 142 Å². The number of morpholine rings is 1. The largest absolute Gasteiger partial charge is 0.508 e. The SMILES string of the molecule is C[C@@H]1CN(C(C)(C)CNCc2cc(Br)ccc2O)C[C@@H](C)O1. The lowest BCUT2D eigenvalue weighted by molar-refractivity contribution is -0.0952. The molecule has 1 saturated heterocycles. The van der Waals surface area contributed by atoms with Crippen molar-refractivity contribution < 1.29 is 9.84 Å². The van der Waals surface area contributed by atoms with Crippen LogP contribution in [0.1, 0.15) is 33.3 Å². The molecular formula is C17H27BrN2O2. The molecule has 1 aliphatic rings. The van der Waals surface area contributed by atoms with Crippen molar-refractivity contribution in [3.05, 3.63) is 28.2 Å². The fraction of sp³-hybridized carbons (Fsp3) is 0.647. The number of phenols is 1. The predicted molar refractivity (Wildman–Crippen MR) is 93.2 cm³/mol. The maximum Gasteiger partial charge on any atom is 0.120 e. The summed E-state index contributed by atoms with van der Waals surface area (Å²) in [7, 11) is 0. The van der Waals surface area contributed by atoms with E-state index in [-0.39, 0.29) is 17.7 Å².